The Hall–Kier alpha value is -1.40. The van der Waals surface area contributed by atoms with Crippen molar-refractivity contribution in [2.24, 2.45) is 0 Å². The van der Waals surface area contributed by atoms with Crippen molar-refractivity contribution >= 4 is 23.2 Å². The quantitative estimate of drug-likeness (QED) is 0.868. The minimum atomic E-state index is -1.03. The second-order valence-corrected chi connectivity index (χ2v) is 5.41. The second-order valence-electron chi connectivity index (χ2n) is 4.33. The second kappa shape index (κ2) is 5.07. The van der Waals surface area contributed by atoms with Gasteiger partial charge in [0.2, 0.25) is 0 Å². The molecule has 1 aromatic rings. The molecule has 1 aromatic heterocycles. The van der Waals surface area contributed by atoms with Crippen LogP contribution in [0.2, 0.25) is 0 Å². The van der Waals surface area contributed by atoms with Crippen molar-refractivity contribution < 1.29 is 19.4 Å². The van der Waals surface area contributed by atoms with Crippen LogP contribution in [-0.4, -0.2) is 35.7 Å². The summed E-state index contributed by atoms with van der Waals surface area (Å²) in [7, 11) is 0. The first kappa shape index (κ1) is 13.0. The molecule has 5 nitrogen and oxygen atoms in total. The minimum absolute atomic E-state index is 0.224. The van der Waals surface area contributed by atoms with Crippen LogP contribution in [0.1, 0.15) is 27.2 Å². The third-order valence-electron chi connectivity index (χ3n) is 3.18. The summed E-state index contributed by atoms with van der Waals surface area (Å²) >= 11 is 1.52. The van der Waals surface area contributed by atoms with Gasteiger partial charge in [-0.2, -0.15) is 0 Å². The SMILES string of the molecule is Cc1scc(C(=O)N[C@@H]2CCO[C@@H]2C(=O)O)c1C. The van der Waals surface area contributed by atoms with E-state index < -0.39 is 18.1 Å². The van der Waals surface area contributed by atoms with Gasteiger partial charge in [0.25, 0.3) is 5.91 Å². The van der Waals surface area contributed by atoms with Crippen LogP contribution >= 0.6 is 11.3 Å². The van der Waals surface area contributed by atoms with Crippen LogP contribution in [0.15, 0.2) is 5.38 Å². The van der Waals surface area contributed by atoms with Gasteiger partial charge in [0.15, 0.2) is 6.10 Å². The third-order valence-corrected chi connectivity index (χ3v) is 4.20. The molecule has 18 heavy (non-hydrogen) atoms. The molecule has 98 valence electrons. The van der Waals surface area contributed by atoms with Crippen LogP contribution < -0.4 is 5.32 Å². The zero-order chi connectivity index (χ0) is 13.3. The number of carboxylic acid groups (broad SMARTS) is 1. The molecule has 2 atom stereocenters. The summed E-state index contributed by atoms with van der Waals surface area (Å²) in [5.74, 6) is -1.25. The molecular weight excluding hydrogens is 254 g/mol. The van der Waals surface area contributed by atoms with Gasteiger partial charge in [-0.25, -0.2) is 4.79 Å². The van der Waals surface area contributed by atoms with Gasteiger partial charge in [-0.1, -0.05) is 0 Å². The number of thiophene rings is 1. The largest absolute Gasteiger partial charge is 0.479 e. The molecule has 1 aliphatic heterocycles. The number of carbonyl (C=O) groups excluding carboxylic acids is 1. The average Bonchev–Trinajstić information content (AvgIpc) is 2.88. The fourth-order valence-electron chi connectivity index (χ4n) is 1.96. The summed E-state index contributed by atoms with van der Waals surface area (Å²) in [4.78, 5) is 24.1. The van der Waals surface area contributed by atoms with Crippen LogP contribution in [0.25, 0.3) is 0 Å². The Morgan fingerprint density at radius 3 is 2.78 bits per heavy atom. The van der Waals surface area contributed by atoms with Gasteiger partial charge >= 0.3 is 5.97 Å². The highest BCUT2D eigenvalue weighted by Crippen LogP contribution is 2.21. The van der Waals surface area contributed by atoms with E-state index in [1.807, 2.05) is 13.8 Å². The number of rotatable bonds is 3. The van der Waals surface area contributed by atoms with E-state index in [1.54, 1.807) is 5.38 Å². The van der Waals surface area contributed by atoms with Gasteiger partial charge in [0.05, 0.1) is 11.6 Å². The number of nitrogens with one attached hydrogen (secondary N) is 1. The monoisotopic (exact) mass is 269 g/mol. The van der Waals surface area contributed by atoms with Gasteiger partial charge in [-0.3, -0.25) is 4.79 Å². The van der Waals surface area contributed by atoms with Gasteiger partial charge in [-0.15, -0.1) is 11.3 Å². The maximum Gasteiger partial charge on any atom is 0.334 e. The van der Waals surface area contributed by atoms with Crippen molar-refractivity contribution in [3.8, 4) is 0 Å². The summed E-state index contributed by atoms with van der Waals surface area (Å²) < 4.78 is 5.09. The van der Waals surface area contributed by atoms with E-state index in [-0.39, 0.29) is 5.91 Å². The number of amides is 1. The summed E-state index contributed by atoms with van der Waals surface area (Å²) in [6.45, 7) is 4.21. The Morgan fingerprint density at radius 1 is 1.50 bits per heavy atom. The molecule has 0 aromatic carbocycles. The molecule has 6 heteroatoms. The van der Waals surface area contributed by atoms with Crippen LogP contribution in [0.5, 0.6) is 0 Å². The first-order valence-electron chi connectivity index (χ1n) is 5.70. The average molecular weight is 269 g/mol. The van der Waals surface area contributed by atoms with Crippen LogP contribution in [0.4, 0.5) is 0 Å². The Bertz CT molecular complexity index is 482. The van der Waals surface area contributed by atoms with Crippen molar-refractivity contribution in [1.82, 2.24) is 5.32 Å². The Morgan fingerprint density at radius 2 is 2.22 bits per heavy atom. The standard InChI is InChI=1S/C12H15NO4S/c1-6-7(2)18-5-8(6)11(14)13-9-3-4-17-10(9)12(15)16/h5,9-10H,3-4H2,1-2H3,(H,13,14)(H,15,16)/t9-,10+/m1/s1. The fourth-order valence-corrected chi connectivity index (χ4v) is 2.83. The Kier molecular flexibility index (Phi) is 3.68. The molecule has 0 bridgehead atoms. The third kappa shape index (κ3) is 2.39. The molecular formula is C12H15NO4S. The summed E-state index contributed by atoms with van der Waals surface area (Å²) in [6, 6.07) is -0.449. The van der Waals surface area contributed by atoms with Crippen LogP contribution in [0, 0.1) is 13.8 Å². The van der Waals surface area contributed by atoms with E-state index in [9.17, 15) is 9.59 Å². The van der Waals surface area contributed by atoms with Gasteiger partial charge in [-0.05, 0) is 25.8 Å². The zero-order valence-electron chi connectivity index (χ0n) is 10.2. The molecule has 0 saturated carbocycles. The summed E-state index contributed by atoms with van der Waals surface area (Å²) in [5.41, 5.74) is 1.57. The molecule has 0 radical (unpaired) electrons. The molecule has 0 spiro atoms. The lowest BCUT2D eigenvalue weighted by molar-refractivity contribution is -0.148. The van der Waals surface area contributed by atoms with Crippen LogP contribution in [-0.2, 0) is 9.53 Å². The molecule has 1 saturated heterocycles. The predicted octanol–water partition coefficient (Wildman–Crippen LogP) is 1.34. The summed E-state index contributed by atoms with van der Waals surface area (Å²) in [6.07, 6.45) is -0.404. The van der Waals surface area contributed by atoms with E-state index >= 15 is 0 Å². The van der Waals surface area contributed by atoms with E-state index in [4.69, 9.17) is 9.84 Å². The molecule has 1 fully saturated rings. The predicted molar refractivity (Wildman–Crippen MR) is 67.0 cm³/mol. The van der Waals surface area contributed by atoms with Gasteiger partial charge < -0.3 is 15.2 Å². The highest BCUT2D eigenvalue weighted by atomic mass is 32.1. The number of carbonyl (C=O) groups is 2. The Balaban J connectivity index is 2.08. The number of ether oxygens (including phenoxy) is 1. The molecule has 2 rings (SSSR count). The molecule has 2 N–H and O–H groups in total. The highest BCUT2D eigenvalue weighted by molar-refractivity contribution is 7.10. The zero-order valence-corrected chi connectivity index (χ0v) is 11.0. The van der Waals surface area contributed by atoms with Crippen molar-refractivity contribution in [1.29, 1.82) is 0 Å². The summed E-state index contributed by atoms with van der Waals surface area (Å²) in [5, 5.41) is 13.5. The lowest BCUT2D eigenvalue weighted by Crippen LogP contribution is -2.44. The molecule has 0 unspecified atom stereocenters. The van der Waals surface area contributed by atoms with E-state index in [0.29, 0.717) is 18.6 Å². The first-order chi connectivity index (χ1) is 8.50. The topological polar surface area (TPSA) is 75.6 Å². The maximum absolute atomic E-state index is 12.1. The number of carboxylic acids is 1. The number of hydrogen-bond acceptors (Lipinski definition) is 4. The van der Waals surface area contributed by atoms with Crippen molar-refractivity contribution in [3.05, 3.63) is 21.4 Å². The lowest BCUT2D eigenvalue weighted by atomic mass is 10.1. The minimum Gasteiger partial charge on any atom is -0.479 e. The highest BCUT2D eigenvalue weighted by Gasteiger charge is 2.35. The van der Waals surface area contributed by atoms with E-state index in [0.717, 1.165) is 10.4 Å². The molecule has 2 heterocycles. The Labute approximate surface area is 109 Å². The normalized spacial score (nSPS) is 23.0. The first-order valence-corrected chi connectivity index (χ1v) is 6.58. The van der Waals surface area contributed by atoms with Gasteiger partial charge in [0, 0.05) is 16.9 Å². The number of aliphatic carboxylic acids is 1. The van der Waals surface area contributed by atoms with Gasteiger partial charge in [0.1, 0.15) is 0 Å². The van der Waals surface area contributed by atoms with Crippen molar-refractivity contribution in [2.75, 3.05) is 6.61 Å². The smallest absolute Gasteiger partial charge is 0.334 e. The number of aryl methyl sites for hydroxylation is 1. The van der Waals surface area contributed by atoms with E-state index in [1.165, 1.54) is 11.3 Å². The molecule has 1 aliphatic rings. The van der Waals surface area contributed by atoms with Crippen LogP contribution in [0.3, 0.4) is 0 Å². The fraction of sp³-hybridized carbons (Fsp3) is 0.500. The van der Waals surface area contributed by atoms with Crippen molar-refractivity contribution in [2.45, 2.75) is 32.4 Å². The molecule has 0 aliphatic carbocycles. The van der Waals surface area contributed by atoms with E-state index in [2.05, 4.69) is 5.32 Å². The van der Waals surface area contributed by atoms with Crippen molar-refractivity contribution in [3.63, 3.8) is 0 Å². The number of hydrogen-bond donors (Lipinski definition) is 2. The lowest BCUT2D eigenvalue weighted by Gasteiger charge is -2.16. The maximum atomic E-state index is 12.1. The molecule has 1 amide bonds.